The lowest BCUT2D eigenvalue weighted by Gasteiger charge is -2.16. The van der Waals surface area contributed by atoms with Crippen LogP contribution in [0.1, 0.15) is 0 Å². The summed E-state index contributed by atoms with van der Waals surface area (Å²) in [4.78, 5) is 9.62. The van der Waals surface area contributed by atoms with Crippen LogP contribution in [0.4, 0.5) is 26.3 Å². The predicted octanol–water partition coefficient (Wildman–Crippen LogP) is 2.91. The third-order valence-electron chi connectivity index (χ3n) is 0.863. The maximum Gasteiger partial charge on any atom is 0.423 e. The molecule has 2 N–H and O–H groups in total. The topological polar surface area (TPSA) is 57.5 Å². The van der Waals surface area contributed by atoms with Gasteiger partial charge in [0.05, 0.1) is 0 Å². The van der Waals surface area contributed by atoms with Crippen LogP contribution in [-0.4, -0.2) is 38.4 Å². The van der Waals surface area contributed by atoms with E-state index in [-0.39, 0.29) is 0 Å². The van der Waals surface area contributed by atoms with Crippen LogP contribution in [0.2, 0.25) is 0 Å². The van der Waals surface area contributed by atoms with Crippen LogP contribution in [-0.2, 0) is 4.79 Å². The van der Waals surface area contributed by atoms with Crippen molar-refractivity contribution in [3.05, 3.63) is 0 Å². The van der Waals surface area contributed by atoms with Gasteiger partial charge in [-0.05, 0) is 0 Å². The molecule has 0 atom stereocenters. The average Bonchev–Trinajstić information content (AvgIpc) is 1.98. The van der Waals surface area contributed by atoms with Crippen LogP contribution >= 0.6 is 34.8 Å². The van der Waals surface area contributed by atoms with Gasteiger partial charge in [0.2, 0.25) is 6.10 Å². The second-order valence-electron chi connectivity index (χ2n) is 2.29. The molecule has 3 nitrogen and oxygen atoms in total. The van der Waals surface area contributed by atoms with E-state index in [1.54, 1.807) is 0 Å². The summed E-state index contributed by atoms with van der Waals surface area (Å²) in [5.74, 6) is -1.46. The van der Waals surface area contributed by atoms with E-state index in [1.165, 1.54) is 0 Å². The molecule has 0 heterocycles. The standard InChI is InChI=1S/C3H2F6O.C2HCl3O2/c4-2(5,6)1(10)3(7,8)9;3-2(4,5)1(6)7/h1,10H;(H,6,7). The van der Waals surface area contributed by atoms with Crippen LogP contribution in [0.3, 0.4) is 0 Å². The number of carboxylic acids is 1. The van der Waals surface area contributed by atoms with Gasteiger partial charge < -0.3 is 10.2 Å². The lowest BCUT2D eigenvalue weighted by Crippen LogP contribution is -2.41. The molecule has 17 heavy (non-hydrogen) atoms. The second kappa shape index (κ2) is 6.17. The molecule has 0 spiro atoms. The summed E-state index contributed by atoms with van der Waals surface area (Å²) in [5.41, 5.74) is 0. The number of hydrogen-bond acceptors (Lipinski definition) is 2. The first-order valence-corrected chi connectivity index (χ1v) is 4.35. The first-order chi connectivity index (χ1) is 7.10. The first kappa shape index (κ1) is 19.2. The SMILES string of the molecule is O=C(O)C(Cl)(Cl)Cl.OC(C(F)(F)F)C(F)(F)F. The van der Waals surface area contributed by atoms with E-state index >= 15 is 0 Å². The van der Waals surface area contributed by atoms with Crippen molar-refractivity contribution in [3.63, 3.8) is 0 Å². The van der Waals surface area contributed by atoms with Crippen molar-refractivity contribution in [3.8, 4) is 0 Å². The van der Waals surface area contributed by atoms with E-state index in [9.17, 15) is 31.1 Å². The molecule has 0 aromatic rings. The molecular weight excluding hydrogens is 328 g/mol. The number of aliphatic carboxylic acids is 1. The van der Waals surface area contributed by atoms with Crippen LogP contribution in [0.15, 0.2) is 0 Å². The number of aliphatic hydroxyl groups excluding tert-OH is 1. The highest BCUT2D eigenvalue weighted by molar-refractivity contribution is 6.75. The van der Waals surface area contributed by atoms with Gasteiger partial charge in [0.1, 0.15) is 0 Å². The summed E-state index contributed by atoms with van der Waals surface area (Å²) in [6, 6.07) is 0. The van der Waals surface area contributed by atoms with Gasteiger partial charge in [-0.1, -0.05) is 34.8 Å². The number of hydrogen-bond donors (Lipinski definition) is 2. The highest BCUT2D eigenvalue weighted by Crippen LogP contribution is 2.32. The van der Waals surface area contributed by atoms with Crippen molar-refractivity contribution in [2.45, 2.75) is 22.2 Å². The van der Waals surface area contributed by atoms with Crippen molar-refractivity contribution in [2.24, 2.45) is 0 Å². The van der Waals surface area contributed by atoms with Gasteiger partial charge in [0.25, 0.3) is 3.79 Å². The molecule has 104 valence electrons. The highest BCUT2D eigenvalue weighted by atomic mass is 35.6. The molecule has 0 aliphatic carbocycles. The van der Waals surface area contributed by atoms with Crippen molar-refractivity contribution < 1.29 is 41.4 Å². The molecule has 0 amide bonds. The molecule has 0 saturated heterocycles. The fraction of sp³-hybridized carbons (Fsp3) is 0.800. The first-order valence-electron chi connectivity index (χ1n) is 3.21. The summed E-state index contributed by atoms with van der Waals surface area (Å²) in [5, 5.41) is 15.3. The normalized spacial score (nSPS) is 13.1. The van der Waals surface area contributed by atoms with E-state index in [1.807, 2.05) is 0 Å². The van der Waals surface area contributed by atoms with Crippen LogP contribution in [0, 0.1) is 0 Å². The van der Waals surface area contributed by atoms with Gasteiger partial charge in [-0.15, -0.1) is 0 Å². The third-order valence-corrected chi connectivity index (χ3v) is 1.35. The largest absolute Gasteiger partial charge is 0.478 e. The number of carboxylic acid groups (broad SMARTS) is 1. The van der Waals surface area contributed by atoms with E-state index in [0.29, 0.717) is 0 Å². The van der Waals surface area contributed by atoms with Crippen molar-refractivity contribution >= 4 is 40.8 Å². The minimum Gasteiger partial charge on any atom is -0.478 e. The maximum atomic E-state index is 11.0. The van der Waals surface area contributed by atoms with E-state index in [4.69, 9.17) is 45.0 Å². The molecular formula is C5H3Cl3F6O3. The number of carbonyl (C=O) groups is 1. The van der Waals surface area contributed by atoms with E-state index in [2.05, 4.69) is 0 Å². The molecule has 0 aliphatic rings. The Balaban J connectivity index is 0. The molecule has 0 rings (SSSR count). The zero-order chi connectivity index (χ0) is 14.7. The van der Waals surface area contributed by atoms with Crippen molar-refractivity contribution in [2.75, 3.05) is 0 Å². The maximum absolute atomic E-state index is 11.0. The van der Waals surface area contributed by atoms with Gasteiger partial charge >= 0.3 is 18.3 Å². The number of aliphatic hydroxyl groups is 1. The number of alkyl halides is 9. The number of rotatable bonds is 0. The summed E-state index contributed by atoms with van der Waals surface area (Å²) < 4.78 is 63.7. The fourth-order valence-electron chi connectivity index (χ4n) is 0.186. The van der Waals surface area contributed by atoms with Gasteiger partial charge in [0.15, 0.2) is 0 Å². The molecule has 0 aromatic carbocycles. The monoisotopic (exact) mass is 330 g/mol. The molecule has 12 heteroatoms. The Morgan fingerprint density at radius 3 is 1.12 bits per heavy atom. The minimum absolute atomic E-state index is 1.46. The summed E-state index contributed by atoms with van der Waals surface area (Å²) >= 11 is 14.4. The molecule has 0 unspecified atom stereocenters. The average molecular weight is 331 g/mol. The lowest BCUT2D eigenvalue weighted by atomic mass is 10.3. The molecule has 0 aliphatic heterocycles. The van der Waals surface area contributed by atoms with Gasteiger partial charge in [-0.25, -0.2) is 4.79 Å². The Morgan fingerprint density at radius 2 is 1.12 bits per heavy atom. The zero-order valence-electron chi connectivity index (χ0n) is 7.28. The molecule has 0 fully saturated rings. The van der Waals surface area contributed by atoms with Gasteiger partial charge in [0, 0.05) is 0 Å². The Bertz CT molecular complexity index is 243. The van der Waals surface area contributed by atoms with Crippen molar-refractivity contribution in [1.29, 1.82) is 0 Å². The van der Waals surface area contributed by atoms with E-state index in [0.717, 1.165) is 0 Å². The molecule has 0 bridgehead atoms. The molecule has 0 aromatic heterocycles. The van der Waals surface area contributed by atoms with Crippen LogP contribution in [0.5, 0.6) is 0 Å². The smallest absolute Gasteiger partial charge is 0.423 e. The lowest BCUT2D eigenvalue weighted by molar-refractivity contribution is -0.308. The quantitative estimate of drug-likeness (QED) is 0.530. The molecule has 0 radical (unpaired) electrons. The third kappa shape index (κ3) is 9.57. The minimum atomic E-state index is -5.63. The Morgan fingerprint density at radius 1 is 0.941 bits per heavy atom. The second-order valence-corrected chi connectivity index (χ2v) is 4.57. The Hall–Kier alpha value is -0.120. The zero-order valence-corrected chi connectivity index (χ0v) is 9.55. The summed E-state index contributed by atoms with van der Waals surface area (Å²) in [6.45, 7) is 0. The van der Waals surface area contributed by atoms with Crippen LogP contribution < -0.4 is 0 Å². The van der Waals surface area contributed by atoms with Crippen LogP contribution in [0.25, 0.3) is 0 Å². The van der Waals surface area contributed by atoms with Crippen molar-refractivity contribution in [1.82, 2.24) is 0 Å². The van der Waals surface area contributed by atoms with E-state index < -0.39 is 28.2 Å². The highest BCUT2D eigenvalue weighted by Gasteiger charge is 2.55. The fourth-order valence-corrected chi connectivity index (χ4v) is 0.186. The molecule has 0 saturated carbocycles. The Kier molecular flexibility index (Phi) is 6.97. The Labute approximate surface area is 105 Å². The predicted molar refractivity (Wildman–Crippen MR) is 46.0 cm³/mol. The summed E-state index contributed by atoms with van der Waals surface area (Å²) in [7, 11) is 0. The van der Waals surface area contributed by atoms with Gasteiger partial charge in [-0.3, -0.25) is 0 Å². The summed E-state index contributed by atoms with van der Waals surface area (Å²) in [6.07, 6.45) is -15.5. The van der Waals surface area contributed by atoms with Gasteiger partial charge in [-0.2, -0.15) is 26.3 Å². The number of halogens is 9.